The second kappa shape index (κ2) is 3.53. The molecule has 1 aromatic carbocycles. The topological polar surface area (TPSA) is 28.7 Å². The molecule has 1 N–H and O–H groups in total. The van der Waals surface area contributed by atoms with Crippen molar-refractivity contribution in [3.63, 3.8) is 0 Å². The lowest BCUT2D eigenvalue weighted by molar-refractivity contribution is 0.562. The van der Waals surface area contributed by atoms with Crippen LogP contribution in [0.4, 0.5) is 0 Å². The summed E-state index contributed by atoms with van der Waals surface area (Å²) in [6, 6.07) is 6.21. The molecule has 80 valence electrons. The van der Waals surface area contributed by atoms with Gasteiger partial charge in [0.25, 0.3) is 0 Å². The summed E-state index contributed by atoms with van der Waals surface area (Å²) in [6.45, 7) is 6.25. The lowest BCUT2D eigenvalue weighted by Crippen LogP contribution is -2.20. The number of aromatic amines is 1. The van der Waals surface area contributed by atoms with Gasteiger partial charge in [0.15, 0.2) is 0 Å². The summed E-state index contributed by atoms with van der Waals surface area (Å²) in [5.74, 6) is 1.52. The van der Waals surface area contributed by atoms with Crippen molar-refractivity contribution in [2.75, 3.05) is 5.88 Å². The normalized spacial score (nSPS) is 12.3. The quantitative estimate of drug-likeness (QED) is 0.776. The number of H-pyrrole nitrogens is 1. The van der Waals surface area contributed by atoms with Gasteiger partial charge in [-0.2, -0.15) is 0 Å². The van der Waals surface area contributed by atoms with E-state index in [0.717, 1.165) is 16.9 Å². The van der Waals surface area contributed by atoms with Crippen LogP contribution < -0.4 is 0 Å². The van der Waals surface area contributed by atoms with Gasteiger partial charge in [-0.15, -0.1) is 11.6 Å². The first-order valence-corrected chi connectivity index (χ1v) is 5.59. The number of alkyl halides is 1. The second-order valence-electron chi connectivity index (χ2n) is 4.62. The summed E-state index contributed by atoms with van der Waals surface area (Å²) >= 11 is 5.93. The molecule has 0 spiro atoms. The lowest BCUT2D eigenvalue weighted by atomic mass is 9.96. The Morgan fingerprint density at radius 2 is 2.13 bits per heavy atom. The SMILES string of the molecule is Cc1ccc2nc(C(C)(C)CCl)[nH]c2c1. The Bertz CT molecular complexity index is 485. The summed E-state index contributed by atoms with van der Waals surface area (Å²) in [5.41, 5.74) is 3.23. The van der Waals surface area contributed by atoms with Crippen LogP contribution >= 0.6 is 11.6 Å². The van der Waals surface area contributed by atoms with E-state index in [1.807, 2.05) is 6.07 Å². The molecule has 1 heterocycles. The predicted molar refractivity (Wildman–Crippen MR) is 64.6 cm³/mol. The third-order valence-corrected chi connectivity index (χ3v) is 3.28. The monoisotopic (exact) mass is 222 g/mol. The van der Waals surface area contributed by atoms with Crippen molar-refractivity contribution < 1.29 is 0 Å². The average molecular weight is 223 g/mol. The Morgan fingerprint density at radius 3 is 2.80 bits per heavy atom. The van der Waals surface area contributed by atoms with Crippen molar-refractivity contribution >= 4 is 22.6 Å². The molecule has 2 rings (SSSR count). The van der Waals surface area contributed by atoms with Gasteiger partial charge in [0.1, 0.15) is 5.82 Å². The maximum absolute atomic E-state index is 5.93. The van der Waals surface area contributed by atoms with Crippen LogP contribution in [0, 0.1) is 6.92 Å². The number of nitrogens with zero attached hydrogens (tertiary/aromatic N) is 1. The fourth-order valence-corrected chi connectivity index (χ4v) is 1.63. The minimum atomic E-state index is -0.103. The first kappa shape index (κ1) is 10.5. The van der Waals surface area contributed by atoms with Crippen LogP contribution in [0.15, 0.2) is 18.2 Å². The van der Waals surface area contributed by atoms with E-state index in [1.165, 1.54) is 5.56 Å². The number of hydrogen-bond donors (Lipinski definition) is 1. The third kappa shape index (κ3) is 1.86. The van der Waals surface area contributed by atoms with Crippen molar-refractivity contribution in [1.82, 2.24) is 9.97 Å². The molecule has 3 heteroatoms. The molecule has 1 aromatic heterocycles. The zero-order valence-electron chi connectivity index (χ0n) is 9.26. The molecule has 0 unspecified atom stereocenters. The fourth-order valence-electron chi connectivity index (χ4n) is 1.51. The number of aromatic nitrogens is 2. The maximum atomic E-state index is 5.93. The number of hydrogen-bond acceptors (Lipinski definition) is 1. The van der Waals surface area contributed by atoms with E-state index in [4.69, 9.17) is 11.6 Å². The number of aryl methyl sites for hydroxylation is 1. The van der Waals surface area contributed by atoms with Crippen LogP contribution in [-0.2, 0) is 5.41 Å². The van der Waals surface area contributed by atoms with Gasteiger partial charge in [0, 0.05) is 11.3 Å². The molecular weight excluding hydrogens is 208 g/mol. The van der Waals surface area contributed by atoms with Gasteiger partial charge in [0.2, 0.25) is 0 Å². The number of nitrogens with one attached hydrogen (secondary N) is 1. The van der Waals surface area contributed by atoms with Crippen LogP contribution in [0.1, 0.15) is 25.2 Å². The minimum Gasteiger partial charge on any atom is -0.341 e. The molecule has 0 atom stereocenters. The Balaban J connectivity index is 2.56. The van der Waals surface area contributed by atoms with Gasteiger partial charge < -0.3 is 4.98 Å². The summed E-state index contributed by atoms with van der Waals surface area (Å²) in [5, 5.41) is 0. The lowest BCUT2D eigenvalue weighted by Gasteiger charge is -2.17. The molecule has 0 aliphatic rings. The molecular formula is C12H15ClN2. The molecule has 0 saturated carbocycles. The molecule has 0 bridgehead atoms. The highest BCUT2D eigenvalue weighted by atomic mass is 35.5. The molecule has 0 aliphatic carbocycles. The summed E-state index contributed by atoms with van der Waals surface area (Å²) < 4.78 is 0. The van der Waals surface area contributed by atoms with Gasteiger partial charge in [-0.25, -0.2) is 4.98 Å². The minimum absolute atomic E-state index is 0.103. The van der Waals surface area contributed by atoms with Gasteiger partial charge in [0.05, 0.1) is 11.0 Å². The zero-order chi connectivity index (χ0) is 11.1. The van der Waals surface area contributed by atoms with Crippen molar-refractivity contribution in [3.05, 3.63) is 29.6 Å². The van der Waals surface area contributed by atoms with Crippen LogP contribution in [0.5, 0.6) is 0 Å². The van der Waals surface area contributed by atoms with E-state index < -0.39 is 0 Å². The van der Waals surface area contributed by atoms with Gasteiger partial charge in [-0.05, 0) is 24.6 Å². The largest absolute Gasteiger partial charge is 0.341 e. The molecule has 0 radical (unpaired) electrons. The highest BCUT2D eigenvalue weighted by Gasteiger charge is 2.23. The predicted octanol–water partition coefficient (Wildman–Crippen LogP) is 3.39. The number of benzene rings is 1. The third-order valence-electron chi connectivity index (χ3n) is 2.61. The van der Waals surface area contributed by atoms with Gasteiger partial charge >= 0.3 is 0 Å². The average Bonchev–Trinajstić information content (AvgIpc) is 2.61. The van der Waals surface area contributed by atoms with Gasteiger partial charge in [-0.3, -0.25) is 0 Å². The second-order valence-corrected chi connectivity index (χ2v) is 4.89. The summed E-state index contributed by atoms with van der Waals surface area (Å²) in [6.07, 6.45) is 0. The molecule has 0 saturated heterocycles. The fraction of sp³-hybridized carbons (Fsp3) is 0.417. The van der Waals surface area contributed by atoms with Crippen molar-refractivity contribution in [3.8, 4) is 0 Å². The van der Waals surface area contributed by atoms with E-state index >= 15 is 0 Å². The summed E-state index contributed by atoms with van der Waals surface area (Å²) in [7, 11) is 0. The smallest absolute Gasteiger partial charge is 0.114 e. The number of imidazole rings is 1. The van der Waals surface area contributed by atoms with E-state index in [2.05, 4.69) is 42.9 Å². The Labute approximate surface area is 94.7 Å². The van der Waals surface area contributed by atoms with E-state index in [-0.39, 0.29) is 5.41 Å². The van der Waals surface area contributed by atoms with E-state index in [1.54, 1.807) is 0 Å². The van der Waals surface area contributed by atoms with Crippen LogP contribution in [-0.4, -0.2) is 15.8 Å². The first-order valence-electron chi connectivity index (χ1n) is 5.06. The van der Waals surface area contributed by atoms with E-state index in [9.17, 15) is 0 Å². The van der Waals surface area contributed by atoms with Crippen LogP contribution in [0.3, 0.4) is 0 Å². The highest BCUT2D eigenvalue weighted by molar-refractivity contribution is 6.18. The molecule has 0 amide bonds. The van der Waals surface area contributed by atoms with E-state index in [0.29, 0.717) is 5.88 Å². The molecule has 0 aliphatic heterocycles. The Morgan fingerprint density at radius 1 is 1.40 bits per heavy atom. The molecule has 15 heavy (non-hydrogen) atoms. The highest BCUT2D eigenvalue weighted by Crippen LogP contribution is 2.24. The van der Waals surface area contributed by atoms with Crippen LogP contribution in [0.25, 0.3) is 11.0 Å². The number of fused-ring (bicyclic) bond motifs is 1. The van der Waals surface area contributed by atoms with Crippen molar-refractivity contribution in [1.29, 1.82) is 0 Å². The summed E-state index contributed by atoms with van der Waals surface area (Å²) in [4.78, 5) is 7.89. The Kier molecular flexibility index (Phi) is 2.47. The zero-order valence-corrected chi connectivity index (χ0v) is 10.0. The molecule has 2 aromatic rings. The standard InChI is InChI=1S/C12H15ClN2/c1-8-4-5-9-10(6-8)15-11(14-9)12(2,3)7-13/h4-6H,7H2,1-3H3,(H,14,15). The molecule has 0 fully saturated rings. The van der Waals surface area contributed by atoms with Crippen LogP contribution in [0.2, 0.25) is 0 Å². The number of halogens is 1. The van der Waals surface area contributed by atoms with Crippen molar-refractivity contribution in [2.24, 2.45) is 0 Å². The maximum Gasteiger partial charge on any atom is 0.114 e. The Hall–Kier alpha value is -1.02. The van der Waals surface area contributed by atoms with Crippen molar-refractivity contribution in [2.45, 2.75) is 26.2 Å². The first-order chi connectivity index (χ1) is 7.03. The molecule has 2 nitrogen and oxygen atoms in total. The van der Waals surface area contributed by atoms with Gasteiger partial charge in [-0.1, -0.05) is 19.9 Å². The number of rotatable bonds is 2.